The molecular weight excluding hydrogens is 216 g/mol. The molecule has 2 aromatic rings. The van der Waals surface area contributed by atoms with Crippen molar-refractivity contribution in [1.82, 2.24) is 9.97 Å². The molecule has 0 radical (unpaired) electrons. The van der Waals surface area contributed by atoms with E-state index in [1.165, 1.54) is 0 Å². The Balaban J connectivity index is 2.22. The van der Waals surface area contributed by atoms with Crippen LogP contribution in [0.5, 0.6) is 0 Å². The average Bonchev–Trinajstić information content (AvgIpc) is 2.81. The summed E-state index contributed by atoms with van der Waals surface area (Å²) in [5, 5.41) is 8.85. The molecule has 2 heterocycles. The number of aryl methyl sites for hydroxylation is 1. The lowest BCUT2D eigenvalue weighted by Crippen LogP contribution is -2.19. The van der Waals surface area contributed by atoms with Crippen LogP contribution in [0.4, 0.5) is 5.95 Å². The lowest BCUT2D eigenvalue weighted by atomic mass is 10.3. The Morgan fingerprint density at radius 1 is 1.47 bits per heavy atom. The molecule has 17 heavy (non-hydrogen) atoms. The number of aromatic nitrogens is 2. The first-order valence-corrected chi connectivity index (χ1v) is 5.18. The van der Waals surface area contributed by atoms with E-state index in [9.17, 15) is 0 Å². The molecule has 0 N–H and O–H groups in total. The van der Waals surface area contributed by atoms with E-state index in [-0.39, 0.29) is 0 Å². The minimum absolute atomic E-state index is 0.374. The lowest BCUT2D eigenvalue weighted by Gasteiger charge is -2.15. The summed E-state index contributed by atoms with van der Waals surface area (Å²) < 4.78 is 5.25. The number of hydrogen-bond acceptors (Lipinski definition) is 5. The van der Waals surface area contributed by atoms with E-state index in [0.717, 1.165) is 11.5 Å². The number of furan rings is 1. The van der Waals surface area contributed by atoms with Crippen LogP contribution in [0.1, 0.15) is 17.1 Å². The Labute approximate surface area is 99.3 Å². The largest absolute Gasteiger partial charge is 0.467 e. The van der Waals surface area contributed by atoms with E-state index in [4.69, 9.17) is 9.68 Å². The van der Waals surface area contributed by atoms with Gasteiger partial charge >= 0.3 is 0 Å². The molecule has 0 bridgehead atoms. The van der Waals surface area contributed by atoms with Gasteiger partial charge in [0.25, 0.3) is 0 Å². The fraction of sp³-hybridized carbons (Fsp3) is 0.250. The normalized spacial score (nSPS) is 9.94. The number of nitriles is 1. The molecule has 0 saturated carbocycles. The van der Waals surface area contributed by atoms with Crippen LogP contribution in [0, 0.1) is 18.3 Å². The third kappa shape index (κ3) is 2.61. The second-order valence-electron chi connectivity index (χ2n) is 3.74. The van der Waals surface area contributed by atoms with Gasteiger partial charge in [0.05, 0.1) is 12.8 Å². The summed E-state index contributed by atoms with van der Waals surface area (Å²) >= 11 is 0. The van der Waals surface area contributed by atoms with Gasteiger partial charge in [-0.1, -0.05) is 0 Å². The lowest BCUT2D eigenvalue weighted by molar-refractivity contribution is 0.506. The molecule has 0 saturated heterocycles. The summed E-state index contributed by atoms with van der Waals surface area (Å²) in [5.74, 6) is 1.36. The van der Waals surface area contributed by atoms with Crippen molar-refractivity contribution in [2.75, 3.05) is 11.9 Å². The van der Waals surface area contributed by atoms with E-state index >= 15 is 0 Å². The zero-order chi connectivity index (χ0) is 12.3. The van der Waals surface area contributed by atoms with Crippen LogP contribution in [0.15, 0.2) is 28.9 Å². The van der Waals surface area contributed by atoms with E-state index in [1.807, 2.05) is 37.1 Å². The summed E-state index contributed by atoms with van der Waals surface area (Å²) in [5.41, 5.74) is 1.15. The fourth-order valence-electron chi connectivity index (χ4n) is 1.49. The first kappa shape index (κ1) is 11.1. The summed E-state index contributed by atoms with van der Waals surface area (Å²) in [6.45, 7) is 2.41. The highest BCUT2D eigenvalue weighted by molar-refractivity contribution is 5.35. The molecule has 2 rings (SSSR count). The van der Waals surface area contributed by atoms with Gasteiger partial charge < -0.3 is 9.32 Å². The molecule has 0 aliphatic rings. The van der Waals surface area contributed by atoms with Gasteiger partial charge in [-0.05, 0) is 25.1 Å². The van der Waals surface area contributed by atoms with Crippen molar-refractivity contribution in [2.24, 2.45) is 0 Å². The molecule has 0 aromatic carbocycles. The van der Waals surface area contributed by atoms with Crippen LogP contribution >= 0.6 is 0 Å². The Morgan fingerprint density at radius 3 is 2.94 bits per heavy atom. The Morgan fingerprint density at radius 2 is 2.29 bits per heavy atom. The van der Waals surface area contributed by atoms with Gasteiger partial charge in [-0.3, -0.25) is 0 Å². The predicted molar refractivity (Wildman–Crippen MR) is 62.3 cm³/mol. The number of anilines is 1. The molecule has 0 fully saturated rings. The second-order valence-corrected chi connectivity index (χ2v) is 3.74. The summed E-state index contributed by atoms with van der Waals surface area (Å²) in [7, 11) is 1.86. The number of hydrogen-bond donors (Lipinski definition) is 0. The van der Waals surface area contributed by atoms with Crippen molar-refractivity contribution in [3.63, 3.8) is 0 Å². The highest BCUT2D eigenvalue weighted by Crippen LogP contribution is 2.12. The molecule has 0 unspecified atom stereocenters. The van der Waals surface area contributed by atoms with Crippen LogP contribution in [0.2, 0.25) is 0 Å². The number of rotatable bonds is 3. The maximum atomic E-state index is 8.85. The zero-order valence-corrected chi connectivity index (χ0v) is 9.71. The van der Waals surface area contributed by atoms with Crippen molar-refractivity contribution in [1.29, 1.82) is 5.26 Å². The average molecular weight is 228 g/mol. The molecule has 0 spiro atoms. The molecule has 86 valence electrons. The molecular formula is C12H12N4O. The van der Waals surface area contributed by atoms with Crippen LogP contribution < -0.4 is 4.90 Å². The van der Waals surface area contributed by atoms with Crippen molar-refractivity contribution >= 4 is 5.95 Å². The third-order valence-electron chi connectivity index (χ3n) is 2.27. The van der Waals surface area contributed by atoms with Crippen LogP contribution in [0.3, 0.4) is 0 Å². The standard InChI is InChI=1S/C12H12N4O/c1-9-6-10(7-13)15-12(14-9)16(2)8-11-4-3-5-17-11/h3-6H,8H2,1-2H3. The van der Waals surface area contributed by atoms with Crippen LogP contribution in [-0.4, -0.2) is 17.0 Å². The van der Waals surface area contributed by atoms with Crippen LogP contribution in [0.25, 0.3) is 0 Å². The minimum atomic E-state index is 0.374. The second kappa shape index (κ2) is 4.66. The van der Waals surface area contributed by atoms with Gasteiger partial charge in [-0.2, -0.15) is 5.26 Å². The molecule has 0 amide bonds. The van der Waals surface area contributed by atoms with Gasteiger partial charge in [0.1, 0.15) is 17.5 Å². The van der Waals surface area contributed by atoms with Gasteiger partial charge in [-0.25, -0.2) is 9.97 Å². The maximum Gasteiger partial charge on any atom is 0.226 e. The Bertz CT molecular complexity index is 542. The number of nitrogens with zero attached hydrogens (tertiary/aromatic N) is 4. The Hall–Kier alpha value is -2.35. The maximum absolute atomic E-state index is 8.85. The van der Waals surface area contributed by atoms with E-state index in [1.54, 1.807) is 12.3 Å². The minimum Gasteiger partial charge on any atom is -0.467 e. The summed E-state index contributed by atoms with van der Waals surface area (Å²) in [4.78, 5) is 10.3. The molecule has 0 aliphatic carbocycles. The van der Waals surface area contributed by atoms with E-state index < -0.39 is 0 Å². The van der Waals surface area contributed by atoms with Gasteiger partial charge in [0.15, 0.2) is 0 Å². The quantitative estimate of drug-likeness (QED) is 0.802. The van der Waals surface area contributed by atoms with Crippen molar-refractivity contribution in [2.45, 2.75) is 13.5 Å². The van der Waals surface area contributed by atoms with Crippen molar-refractivity contribution in [3.8, 4) is 6.07 Å². The molecule has 5 nitrogen and oxygen atoms in total. The SMILES string of the molecule is Cc1cc(C#N)nc(N(C)Cc2ccco2)n1. The third-order valence-corrected chi connectivity index (χ3v) is 2.27. The highest BCUT2D eigenvalue weighted by Gasteiger charge is 2.09. The van der Waals surface area contributed by atoms with Gasteiger partial charge in [-0.15, -0.1) is 0 Å². The van der Waals surface area contributed by atoms with Crippen molar-refractivity contribution < 1.29 is 4.42 Å². The summed E-state index contributed by atoms with van der Waals surface area (Å²) in [6, 6.07) is 7.40. The highest BCUT2D eigenvalue weighted by atomic mass is 16.3. The fourth-order valence-corrected chi connectivity index (χ4v) is 1.49. The van der Waals surface area contributed by atoms with Crippen LogP contribution in [-0.2, 0) is 6.54 Å². The first-order valence-electron chi connectivity index (χ1n) is 5.18. The smallest absolute Gasteiger partial charge is 0.226 e. The van der Waals surface area contributed by atoms with Gasteiger partial charge in [0, 0.05) is 12.7 Å². The topological polar surface area (TPSA) is 66.0 Å². The van der Waals surface area contributed by atoms with Crippen molar-refractivity contribution in [3.05, 3.63) is 41.6 Å². The molecule has 0 aliphatic heterocycles. The zero-order valence-electron chi connectivity index (χ0n) is 9.71. The monoisotopic (exact) mass is 228 g/mol. The van der Waals surface area contributed by atoms with Gasteiger partial charge in [0.2, 0.25) is 5.95 Å². The van der Waals surface area contributed by atoms with E-state index in [2.05, 4.69) is 9.97 Å². The van der Waals surface area contributed by atoms with E-state index in [0.29, 0.717) is 18.2 Å². The molecule has 5 heteroatoms. The first-order chi connectivity index (χ1) is 8.19. The Kier molecular flexibility index (Phi) is 3.06. The predicted octanol–water partition coefficient (Wildman–Crippen LogP) is 1.89. The molecule has 0 atom stereocenters. The molecule has 2 aromatic heterocycles. The summed E-state index contributed by atoms with van der Waals surface area (Å²) in [6.07, 6.45) is 1.63.